The third-order valence-electron chi connectivity index (χ3n) is 3.46. The topological polar surface area (TPSA) is 37.4 Å². The van der Waals surface area contributed by atoms with Gasteiger partial charge in [-0.25, -0.2) is 8.42 Å². The zero-order chi connectivity index (χ0) is 12.5. The first kappa shape index (κ1) is 12.6. The standard InChI is InChI=1S/C13H19NO2S/c1-3-4-5-9-12-11-8-6-7-10-13(11)17(15,16)14(12)2/h6-8,10,12H,3-5,9H2,1-2H3/t12-/m0/s1. The molecule has 0 spiro atoms. The first-order valence-electron chi connectivity index (χ1n) is 6.16. The fourth-order valence-corrected chi connectivity index (χ4v) is 4.05. The summed E-state index contributed by atoms with van der Waals surface area (Å²) in [6, 6.07) is 7.38. The molecule has 1 atom stereocenters. The molecule has 3 nitrogen and oxygen atoms in total. The summed E-state index contributed by atoms with van der Waals surface area (Å²) >= 11 is 0. The van der Waals surface area contributed by atoms with E-state index < -0.39 is 10.0 Å². The van der Waals surface area contributed by atoms with Gasteiger partial charge in [0.1, 0.15) is 0 Å². The highest BCUT2D eigenvalue weighted by Gasteiger charge is 2.38. The highest BCUT2D eigenvalue weighted by atomic mass is 32.2. The molecular weight excluding hydrogens is 234 g/mol. The van der Waals surface area contributed by atoms with E-state index in [9.17, 15) is 8.42 Å². The maximum Gasteiger partial charge on any atom is 0.243 e. The molecule has 1 aromatic carbocycles. The van der Waals surface area contributed by atoms with Crippen LogP contribution in [0.1, 0.15) is 44.2 Å². The van der Waals surface area contributed by atoms with Gasteiger partial charge in [-0.15, -0.1) is 0 Å². The second-order valence-electron chi connectivity index (χ2n) is 4.57. The molecule has 0 saturated carbocycles. The van der Waals surface area contributed by atoms with Gasteiger partial charge in [0.05, 0.1) is 10.9 Å². The van der Waals surface area contributed by atoms with Crippen LogP contribution < -0.4 is 0 Å². The number of hydrogen-bond donors (Lipinski definition) is 0. The van der Waals surface area contributed by atoms with Crippen molar-refractivity contribution in [1.82, 2.24) is 4.31 Å². The van der Waals surface area contributed by atoms with E-state index in [-0.39, 0.29) is 6.04 Å². The van der Waals surface area contributed by atoms with E-state index in [2.05, 4.69) is 6.92 Å². The van der Waals surface area contributed by atoms with Crippen LogP contribution in [-0.4, -0.2) is 19.8 Å². The summed E-state index contributed by atoms with van der Waals surface area (Å²) < 4.78 is 25.8. The van der Waals surface area contributed by atoms with Gasteiger partial charge in [0.2, 0.25) is 10.0 Å². The summed E-state index contributed by atoms with van der Waals surface area (Å²) in [7, 11) is -1.55. The number of unbranched alkanes of at least 4 members (excludes halogenated alkanes) is 2. The Labute approximate surface area is 104 Å². The molecule has 94 valence electrons. The van der Waals surface area contributed by atoms with Crippen molar-refractivity contribution in [3.05, 3.63) is 29.8 Å². The van der Waals surface area contributed by atoms with Crippen LogP contribution in [-0.2, 0) is 10.0 Å². The second kappa shape index (κ2) is 4.78. The SMILES string of the molecule is CCCCC[C@H]1c2ccccc2S(=O)(=O)N1C. The quantitative estimate of drug-likeness (QED) is 0.774. The van der Waals surface area contributed by atoms with E-state index in [1.54, 1.807) is 19.2 Å². The molecule has 1 aromatic rings. The van der Waals surface area contributed by atoms with Crippen molar-refractivity contribution in [2.45, 2.75) is 43.5 Å². The smallest absolute Gasteiger partial charge is 0.207 e. The lowest BCUT2D eigenvalue weighted by atomic mass is 10.0. The van der Waals surface area contributed by atoms with Crippen LogP contribution in [0, 0.1) is 0 Å². The predicted molar refractivity (Wildman–Crippen MR) is 68.3 cm³/mol. The van der Waals surface area contributed by atoms with Crippen molar-refractivity contribution in [1.29, 1.82) is 0 Å². The summed E-state index contributed by atoms with van der Waals surface area (Å²) in [6.45, 7) is 2.16. The fourth-order valence-electron chi connectivity index (χ4n) is 2.43. The summed E-state index contributed by atoms with van der Waals surface area (Å²) in [5.74, 6) is 0. The van der Waals surface area contributed by atoms with Crippen molar-refractivity contribution in [3.8, 4) is 0 Å². The minimum absolute atomic E-state index is 0.0303. The van der Waals surface area contributed by atoms with Crippen LogP contribution in [0.4, 0.5) is 0 Å². The molecule has 17 heavy (non-hydrogen) atoms. The molecule has 0 bridgehead atoms. The predicted octanol–water partition coefficient (Wildman–Crippen LogP) is 2.94. The number of sulfonamides is 1. The molecule has 0 N–H and O–H groups in total. The molecule has 4 heteroatoms. The molecule has 0 aliphatic carbocycles. The molecule has 1 aliphatic heterocycles. The van der Waals surface area contributed by atoms with Gasteiger partial charge in [-0.3, -0.25) is 0 Å². The molecule has 0 amide bonds. The molecule has 2 rings (SSSR count). The van der Waals surface area contributed by atoms with Crippen molar-refractivity contribution in [3.63, 3.8) is 0 Å². The number of fused-ring (bicyclic) bond motifs is 1. The normalized spacial score (nSPS) is 22.6. The lowest BCUT2D eigenvalue weighted by Gasteiger charge is -2.18. The van der Waals surface area contributed by atoms with Crippen LogP contribution in [0.3, 0.4) is 0 Å². The molecule has 0 saturated heterocycles. The number of rotatable bonds is 4. The van der Waals surface area contributed by atoms with Gasteiger partial charge in [-0.1, -0.05) is 44.4 Å². The molecule has 0 unspecified atom stereocenters. The number of nitrogens with zero attached hydrogens (tertiary/aromatic N) is 1. The zero-order valence-electron chi connectivity index (χ0n) is 10.4. The van der Waals surface area contributed by atoms with Crippen molar-refractivity contribution in [2.75, 3.05) is 7.05 Å². The van der Waals surface area contributed by atoms with Crippen molar-refractivity contribution in [2.24, 2.45) is 0 Å². The first-order valence-corrected chi connectivity index (χ1v) is 7.60. The molecular formula is C13H19NO2S. The van der Waals surface area contributed by atoms with E-state index in [1.807, 2.05) is 12.1 Å². The molecule has 0 fully saturated rings. The summed E-state index contributed by atoms with van der Waals surface area (Å²) in [5, 5.41) is 0. The zero-order valence-corrected chi connectivity index (χ0v) is 11.2. The summed E-state index contributed by atoms with van der Waals surface area (Å²) in [5.41, 5.74) is 0.964. The summed E-state index contributed by atoms with van der Waals surface area (Å²) in [4.78, 5) is 0.490. The van der Waals surface area contributed by atoms with Crippen molar-refractivity contribution < 1.29 is 8.42 Å². The highest BCUT2D eigenvalue weighted by molar-refractivity contribution is 7.89. The monoisotopic (exact) mass is 253 g/mol. The Hall–Kier alpha value is -0.870. The average molecular weight is 253 g/mol. The summed E-state index contributed by atoms with van der Waals surface area (Å²) in [6.07, 6.45) is 4.31. The van der Waals surface area contributed by atoms with E-state index in [0.29, 0.717) is 4.90 Å². The van der Waals surface area contributed by atoms with Crippen LogP contribution >= 0.6 is 0 Å². The largest absolute Gasteiger partial charge is 0.243 e. The second-order valence-corrected chi connectivity index (χ2v) is 6.54. The van der Waals surface area contributed by atoms with Gasteiger partial charge in [-0.05, 0) is 18.1 Å². The van der Waals surface area contributed by atoms with Gasteiger partial charge >= 0.3 is 0 Å². The third-order valence-corrected chi connectivity index (χ3v) is 5.40. The molecule has 1 heterocycles. The number of benzene rings is 1. The van der Waals surface area contributed by atoms with Gasteiger partial charge in [0.25, 0.3) is 0 Å². The Bertz CT molecular complexity index is 496. The van der Waals surface area contributed by atoms with Crippen LogP contribution in [0.2, 0.25) is 0 Å². The van der Waals surface area contributed by atoms with Gasteiger partial charge in [-0.2, -0.15) is 4.31 Å². The molecule has 0 aromatic heterocycles. The Morgan fingerprint density at radius 1 is 1.24 bits per heavy atom. The minimum atomic E-state index is -3.24. The van der Waals surface area contributed by atoms with E-state index in [0.717, 1.165) is 31.2 Å². The fraction of sp³-hybridized carbons (Fsp3) is 0.538. The number of hydrogen-bond acceptors (Lipinski definition) is 2. The van der Waals surface area contributed by atoms with Crippen LogP contribution in [0.15, 0.2) is 29.2 Å². The Kier molecular flexibility index (Phi) is 3.54. The highest BCUT2D eigenvalue weighted by Crippen LogP contribution is 2.40. The van der Waals surface area contributed by atoms with Gasteiger partial charge < -0.3 is 0 Å². The van der Waals surface area contributed by atoms with E-state index in [4.69, 9.17) is 0 Å². The Morgan fingerprint density at radius 2 is 1.94 bits per heavy atom. The van der Waals surface area contributed by atoms with E-state index >= 15 is 0 Å². The molecule has 0 radical (unpaired) electrons. The Balaban J connectivity index is 2.30. The maximum atomic E-state index is 12.2. The van der Waals surface area contributed by atoms with E-state index in [1.165, 1.54) is 4.31 Å². The average Bonchev–Trinajstić information content (AvgIpc) is 2.51. The molecule has 1 aliphatic rings. The van der Waals surface area contributed by atoms with Crippen LogP contribution in [0.25, 0.3) is 0 Å². The first-order chi connectivity index (χ1) is 8.09. The minimum Gasteiger partial charge on any atom is -0.207 e. The maximum absolute atomic E-state index is 12.2. The van der Waals surface area contributed by atoms with Gasteiger partial charge in [0.15, 0.2) is 0 Å². The lowest BCUT2D eigenvalue weighted by molar-refractivity contribution is 0.365. The van der Waals surface area contributed by atoms with Crippen LogP contribution in [0.5, 0.6) is 0 Å². The van der Waals surface area contributed by atoms with Crippen molar-refractivity contribution >= 4 is 10.0 Å². The third kappa shape index (κ3) is 2.11. The van der Waals surface area contributed by atoms with Gasteiger partial charge in [0, 0.05) is 7.05 Å². The lowest BCUT2D eigenvalue weighted by Crippen LogP contribution is -2.23. The Morgan fingerprint density at radius 3 is 2.65 bits per heavy atom.